The third kappa shape index (κ3) is 6.72. The van der Waals surface area contributed by atoms with E-state index in [4.69, 9.17) is 4.74 Å². The van der Waals surface area contributed by atoms with Gasteiger partial charge in [-0.25, -0.2) is 9.59 Å². The topological polar surface area (TPSA) is 73.9 Å². The largest absolute Gasteiger partial charge is 0.450 e. The molecule has 2 unspecified atom stereocenters. The van der Waals surface area contributed by atoms with E-state index in [9.17, 15) is 9.59 Å². The maximum absolute atomic E-state index is 12.2. The van der Waals surface area contributed by atoms with E-state index < -0.39 is 0 Å². The van der Waals surface area contributed by atoms with Crippen molar-refractivity contribution in [2.75, 3.05) is 39.3 Å². The highest BCUT2D eigenvalue weighted by Crippen LogP contribution is 2.15. The Morgan fingerprint density at radius 2 is 1.92 bits per heavy atom. The molecule has 2 aliphatic heterocycles. The van der Waals surface area contributed by atoms with Crippen LogP contribution in [0.15, 0.2) is 0 Å². The van der Waals surface area contributed by atoms with Crippen molar-refractivity contribution in [3.63, 3.8) is 0 Å². The van der Waals surface area contributed by atoms with Crippen molar-refractivity contribution >= 4 is 12.1 Å². The van der Waals surface area contributed by atoms with Crippen molar-refractivity contribution < 1.29 is 14.3 Å². The summed E-state index contributed by atoms with van der Waals surface area (Å²) in [5.41, 5.74) is 0. The van der Waals surface area contributed by atoms with Crippen molar-refractivity contribution in [2.45, 2.75) is 58.5 Å². The Morgan fingerprint density at radius 1 is 1.20 bits per heavy atom. The van der Waals surface area contributed by atoms with E-state index in [1.807, 2.05) is 6.92 Å². The summed E-state index contributed by atoms with van der Waals surface area (Å²) in [6, 6.07) is 0.143. The molecular weight excluding hydrogens is 320 g/mol. The van der Waals surface area contributed by atoms with Crippen LogP contribution in [0, 0.1) is 5.92 Å². The SMILES string of the molecule is CCOC(=O)N1CCC(NC(=O)NC(C)CN2CCCC(C)C2)CC1. The average Bonchev–Trinajstić information content (AvgIpc) is 2.55. The van der Waals surface area contributed by atoms with Gasteiger partial charge in [0.05, 0.1) is 6.61 Å². The number of carbonyl (C=O) groups is 2. The van der Waals surface area contributed by atoms with Gasteiger partial charge in [0.1, 0.15) is 0 Å². The van der Waals surface area contributed by atoms with Gasteiger partial charge in [-0.3, -0.25) is 0 Å². The summed E-state index contributed by atoms with van der Waals surface area (Å²) in [6.07, 6.45) is 3.84. The van der Waals surface area contributed by atoms with Crippen molar-refractivity contribution in [3.05, 3.63) is 0 Å². The lowest BCUT2D eigenvalue weighted by Crippen LogP contribution is -2.52. The minimum Gasteiger partial charge on any atom is -0.450 e. The second kappa shape index (κ2) is 9.85. The first kappa shape index (κ1) is 19.8. The van der Waals surface area contributed by atoms with Gasteiger partial charge in [0, 0.05) is 38.3 Å². The molecule has 0 bridgehead atoms. The number of nitrogens with one attached hydrogen (secondary N) is 2. The molecular formula is C18H34N4O3. The number of carbonyl (C=O) groups excluding carboxylic acids is 2. The second-order valence-corrected chi connectivity index (χ2v) is 7.49. The van der Waals surface area contributed by atoms with Crippen LogP contribution in [0.3, 0.4) is 0 Å². The maximum atomic E-state index is 12.2. The molecule has 0 saturated carbocycles. The number of nitrogens with zero attached hydrogens (tertiary/aromatic N) is 2. The smallest absolute Gasteiger partial charge is 0.409 e. The predicted molar refractivity (Wildman–Crippen MR) is 97.6 cm³/mol. The molecule has 2 N–H and O–H groups in total. The summed E-state index contributed by atoms with van der Waals surface area (Å²) in [4.78, 5) is 28.0. The van der Waals surface area contributed by atoms with E-state index in [1.165, 1.54) is 12.8 Å². The minimum absolute atomic E-state index is 0.104. The van der Waals surface area contributed by atoms with E-state index in [-0.39, 0.29) is 24.2 Å². The molecule has 7 heteroatoms. The van der Waals surface area contributed by atoms with Crippen LogP contribution in [0.1, 0.15) is 46.5 Å². The van der Waals surface area contributed by atoms with Gasteiger partial charge < -0.3 is 25.2 Å². The first-order chi connectivity index (χ1) is 12.0. The summed E-state index contributed by atoms with van der Waals surface area (Å²) in [5.74, 6) is 0.749. The molecule has 0 aliphatic carbocycles. The highest BCUT2D eigenvalue weighted by Gasteiger charge is 2.25. The van der Waals surface area contributed by atoms with Crippen LogP contribution in [-0.2, 0) is 4.74 Å². The molecule has 2 saturated heterocycles. The standard InChI is InChI=1S/C18H34N4O3/c1-4-25-18(24)22-10-7-16(8-11-22)20-17(23)19-15(3)13-21-9-5-6-14(2)12-21/h14-16H,4-13H2,1-3H3,(H2,19,20,23). The molecule has 2 heterocycles. The quantitative estimate of drug-likeness (QED) is 0.792. The number of likely N-dealkylation sites (tertiary alicyclic amines) is 2. The molecule has 144 valence electrons. The van der Waals surface area contributed by atoms with Gasteiger partial charge in [-0.1, -0.05) is 6.92 Å². The number of urea groups is 1. The molecule has 0 spiro atoms. The zero-order valence-corrected chi connectivity index (χ0v) is 15.9. The molecule has 2 aliphatic rings. The molecule has 0 aromatic heterocycles. The number of amides is 3. The molecule has 0 aromatic rings. The monoisotopic (exact) mass is 354 g/mol. The van der Waals surface area contributed by atoms with E-state index >= 15 is 0 Å². The third-order valence-electron chi connectivity index (χ3n) is 5.01. The van der Waals surface area contributed by atoms with E-state index in [1.54, 1.807) is 4.90 Å². The Hall–Kier alpha value is -1.50. The summed E-state index contributed by atoms with van der Waals surface area (Å²) >= 11 is 0. The molecule has 7 nitrogen and oxygen atoms in total. The van der Waals surface area contributed by atoms with Crippen molar-refractivity contribution in [1.82, 2.24) is 20.4 Å². The first-order valence-corrected chi connectivity index (χ1v) is 9.69. The van der Waals surface area contributed by atoms with Gasteiger partial charge in [-0.15, -0.1) is 0 Å². The Morgan fingerprint density at radius 3 is 2.56 bits per heavy atom. The van der Waals surface area contributed by atoms with Crippen LogP contribution < -0.4 is 10.6 Å². The van der Waals surface area contributed by atoms with Gasteiger partial charge >= 0.3 is 12.1 Å². The lowest BCUT2D eigenvalue weighted by molar-refractivity contribution is 0.0956. The zero-order chi connectivity index (χ0) is 18.2. The normalized spacial score (nSPS) is 23.8. The lowest BCUT2D eigenvalue weighted by atomic mass is 10.00. The molecule has 3 amide bonds. The maximum Gasteiger partial charge on any atom is 0.409 e. The predicted octanol–water partition coefficient (Wildman–Crippen LogP) is 2.03. The highest BCUT2D eigenvalue weighted by atomic mass is 16.6. The number of hydrogen-bond donors (Lipinski definition) is 2. The fraction of sp³-hybridized carbons (Fsp3) is 0.889. The molecule has 0 radical (unpaired) electrons. The van der Waals surface area contributed by atoms with Crippen molar-refractivity contribution in [2.24, 2.45) is 5.92 Å². The average molecular weight is 354 g/mol. The van der Waals surface area contributed by atoms with Gasteiger partial charge in [0.25, 0.3) is 0 Å². The summed E-state index contributed by atoms with van der Waals surface area (Å²) in [5, 5.41) is 6.09. The molecule has 2 fully saturated rings. The van der Waals surface area contributed by atoms with Gasteiger partial charge in [0.15, 0.2) is 0 Å². The van der Waals surface area contributed by atoms with Crippen LogP contribution in [0.2, 0.25) is 0 Å². The van der Waals surface area contributed by atoms with Crippen LogP contribution in [0.25, 0.3) is 0 Å². The Kier molecular flexibility index (Phi) is 7.81. The van der Waals surface area contributed by atoms with Gasteiger partial charge in [-0.2, -0.15) is 0 Å². The van der Waals surface area contributed by atoms with Crippen LogP contribution in [0.4, 0.5) is 9.59 Å². The summed E-state index contributed by atoms with van der Waals surface area (Å²) in [7, 11) is 0. The van der Waals surface area contributed by atoms with E-state index in [2.05, 4.69) is 29.4 Å². The lowest BCUT2D eigenvalue weighted by Gasteiger charge is -2.34. The molecule has 2 atom stereocenters. The minimum atomic E-state index is -0.255. The van der Waals surface area contributed by atoms with Gasteiger partial charge in [-0.05, 0) is 52.0 Å². The Bertz CT molecular complexity index is 438. The fourth-order valence-corrected chi connectivity index (χ4v) is 3.76. The molecule has 2 rings (SSSR count). The Labute approximate surface area is 151 Å². The summed E-state index contributed by atoms with van der Waals surface area (Å²) < 4.78 is 5.01. The first-order valence-electron chi connectivity index (χ1n) is 9.69. The van der Waals surface area contributed by atoms with Gasteiger partial charge in [0.2, 0.25) is 0 Å². The van der Waals surface area contributed by atoms with E-state index in [0.29, 0.717) is 19.7 Å². The Balaban J connectivity index is 1.64. The highest BCUT2D eigenvalue weighted by molar-refractivity contribution is 5.74. The number of hydrogen-bond acceptors (Lipinski definition) is 4. The van der Waals surface area contributed by atoms with Crippen molar-refractivity contribution in [1.29, 1.82) is 0 Å². The second-order valence-electron chi connectivity index (χ2n) is 7.49. The zero-order valence-electron chi connectivity index (χ0n) is 15.9. The molecule has 0 aromatic carbocycles. The van der Waals surface area contributed by atoms with Crippen LogP contribution >= 0.6 is 0 Å². The third-order valence-corrected chi connectivity index (χ3v) is 5.01. The summed E-state index contributed by atoms with van der Waals surface area (Å²) in [6.45, 7) is 11.0. The fourth-order valence-electron chi connectivity index (χ4n) is 3.76. The van der Waals surface area contributed by atoms with Crippen LogP contribution in [0.5, 0.6) is 0 Å². The number of rotatable bonds is 5. The van der Waals surface area contributed by atoms with Crippen molar-refractivity contribution in [3.8, 4) is 0 Å². The number of ether oxygens (including phenoxy) is 1. The van der Waals surface area contributed by atoms with Crippen LogP contribution in [-0.4, -0.2) is 73.3 Å². The van der Waals surface area contributed by atoms with E-state index in [0.717, 1.165) is 38.4 Å². The number of piperidine rings is 2. The molecule has 25 heavy (non-hydrogen) atoms.